The van der Waals surface area contributed by atoms with Gasteiger partial charge in [0.05, 0.1) is 6.20 Å². The van der Waals surface area contributed by atoms with Crippen LogP contribution in [0.1, 0.15) is 40.0 Å². The molecule has 1 saturated carbocycles. The zero-order valence-corrected chi connectivity index (χ0v) is 15.9. The van der Waals surface area contributed by atoms with Crippen molar-refractivity contribution in [3.8, 4) is 0 Å². The Kier molecular flexibility index (Phi) is 4.97. The Morgan fingerprint density at radius 1 is 1.32 bits per heavy atom. The van der Waals surface area contributed by atoms with Gasteiger partial charge in [0, 0.05) is 18.2 Å². The number of hydrogen-bond donors (Lipinski definition) is 2. The molecule has 1 aliphatic carbocycles. The third kappa shape index (κ3) is 4.46. The van der Waals surface area contributed by atoms with Crippen LogP contribution in [0, 0.1) is 0 Å². The van der Waals surface area contributed by atoms with Crippen molar-refractivity contribution in [2.75, 3.05) is 5.32 Å². The van der Waals surface area contributed by atoms with Gasteiger partial charge in [0.2, 0.25) is 0 Å². The summed E-state index contributed by atoms with van der Waals surface area (Å²) in [5.74, 6) is 0.727. The molecule has 2 atom stereocenters. The highest BCUT2D eigenvalue weighted by Crippen LogP contribution is 2.26. The van der Waals surface area contributed by atoms with E-state index in [1.807, 2.05) is 20.8 Å². The lowest BCUT2D eigenvalue weighted by atomic mass is 10.2. The highest BCUT2D eigenvalue weighted by Gasteiger charge is 2.28. The molecule has 3 rings (SSSR count). The van der Waals surface area contributed by atoms with E-state index in [0.717, 1.165) is 25.1 Å². The number of carbonyl (C=O) groups is 1. The number of amides is 1. The van der Waals surface area contributed by atoms with Gasteiger partial charge in [-0.25, -0.2) is 9.78 Å². The van der Waals surface area contributed by atoms with Crippen LogP contribution in [-0.4, -0.2) is 38.4 Å². The SMILES string of the molecule is CC(C)(C)OC(=O)N[C@@H]1CC[C@@H](Nc2cc(Cl)nc3c(Cl)cnn23)C1. The summed E-state index contributed by atoms with van der Waals surface area (Å²) in [6.45, 7) is 5.54. The molecule has 1 amide bonds. The molecule has 0 aliphatic heterocycles. The quantitative estimate of drug-likeness (QED) is 0.783. The van der Waals surface area contributed by atoms with Gasteiger partial charge < -0.3 is 15.4 Å². The van der Waals surface area contributed by atoms with E-state index < -0.39 is 5.60 Å². The minimum Gasteiger partial charge on any atom is -0.444 e. The van der Waals surface area contributed by atoms with Crippen LogP contribution in [0.3, 0.4) is 0 Å². The summed E-state index contributed by atoms with van der Waals surface area (Å²) < 4.78 is 6.93. The number of aromatic nitrogens is 3. The molecule has 0 radical (unpaired) electrons. The fourth-order valence-electron chi connectivity index (χ4n) is 2.94. The normalized spacial score (nSPS) is 20.7. The van der Waals surface area contributed by atoms with E-state index in [1.165, 1.54) is 6.20 Å². The second kappa shape index (κ2) is 6.88. The van der Waals surface area contributed by atoms with E-state index in [1.54, 1.807) is 10.6 Å². The lowest BCUT2D eigenvalue weighted by Gasteiger charge is -2.22. The van der Waals surface area contributed by atoms with Crippen LogP contribution in [-0.2, 0) is 4.74 Å². The Labute approximate surface area is 156 Å². The maximum Gasteiger partial charge on any atom is 0.407 e. The molecule has 25 heavy (non-hydrogen) atoms. The van der Waals surface area contributed by atoms with E-state index >= 15 is 0 Å². The summed E-state index contributed by atoms with van der Waals surface area (Å²) in [7, 11) is 0. The van der Waals surface area contributed by atoms with E-state index in [-0.39, 0.29) is 18.2 Å². The molecule has 7 nitrogen and oxygen atoms in total. The van der Waals surface area contributed by atoms with Crippen molar-refractivity contribution < 1.29 is 9.53 Å². The minimum atomic E-state index is -0.501. The third-order valence-corrected chi connectivity index (χ3v) is 4.36. The fourth-order valence-corrected chi connectivity index (χ4v) is 3.29. The van der Waals surface area contributed by atoms with Gasteiger partial charge >= 0.3 is 6.09 Å². The van der Waals surface area contributed by atoms with Crippen molar-refractivity contribution in [2.24, 2.45) is 0 Å². The first-order chi connectivity index (χ1) is 11.7. The first-order valence-corrected chi connectivity index (χ1v) is 8.93. The van der Waals surface area contributed by atoms with Crippen LogP contribution in [0.4, 0.5) is 10.6 Å². The van der Waals surface area contributed by atoms with Crippen LogP contribution in [0.5, 0.6) is 0 Å². The first kappa shape index (κ1) is 18.1. The van der Waals surface area contributed by atoms with Gasteiger partial charge in [0.15, 0.2) is 5.65 Å². The van der Waals surface area contributed by atoms with Gasteiger partial charge in [-0.15, -0.1) is 0 Å². The number of nitrogens with zero attached hydrogens (tertiary/aromatic N) is 3. The monoisotopic (exact) mass is 385 g/mol. The van der Waals surface area contributed by atoms with Gasteiger partial charge in [0.25, 0.3) is 0 Å². The van der Waals surface area contributed by atoms with Gasteiger partial charge in [-0.1, -0.05) is 23.2 Å². The van der Waals surface area contributed by atoms with E-state index in [4.69, 9.17) is 27.9 Å². The molecule has 9 heteroatoms. The summed E-state index contributed by atoms with van der Waals surface area (Å²) >= 11 is 12.1. The number of alkyl carbamates (subject to hydrolysis) is 1. The van der Waals surface area contributed by atoms with Gasteiger partial charge in [-0.05, 0) is 40.0 Å². The number of hydrogen-bond acceptors (Lipinski definition) is 5. The Morgan fingerprint density at radius 2 is 2.04 bits per heavy atom. The number of carbonyl (C=O) groups excluding carboxylic acids is 1. The first-order valence-electron chi connectivity index (χ1n) is 8.17. The van der Waals surface area contributed by atoms with Gasteiger partial charge in [0.1, 0.15) is 21.6 Å². The zero-order chi connectivity index (χ0) is 18.2. The Morgan fingerprint density at radius 3 is 2.76 bits per heavy atom. The van der Waals surface area contributed by atoms with Crippen LogP contribution >= 0.6 is 23.2 Å². The zero-order valence-electron chi connectivity index (χ0n) is 14.3. The van der Waals surface area contributed by atoms with Crippen molar-refractivity contribution in [2.45, 2.75) is 57.7 Å². The largest absolute Gasteiger partial charge is 0.444 e. The average Bonchev–Trinajstić information content (AvgIpc) is 3.04. The number of nitrogens with one attached hydrogen (secondary N) is 2. The number of ether oxygens (including phenoxy) is 1. The Bertz CT molecular complexity index is 787. The smallest absolute Gasteiger partial charge is 0.407 e. The van der Waals surface area contributed by atoms with Crippen LogP contribution < -0.4 is 10.6 Å². The maximum atomic E-state index is 11.9. The minimum absolute atomic E-state index is 0.0707. The van der Waals surface area contributed by atoms with Gasteiger partial charge in [-0.3, -0.25) is 0 Å². The molecule has 136 valence electrons. The summed E-state index contributed by atoms with van der Waals surface area (Å²) in [6, 6.07) is 1.97. The van der Waals surface area contributed by atoms with Crippen molar-refractivity contribution in [1.82, 2.24) is 19.9 Å². The molecule has 0 saturated heterocycles. The molecule has 0 spiro atoms. The van der Waals surface area contributed by atoms with Crippen LogP contribution in [0.2, 0.25) is 10.2 Å². The molecule has 1 aliphatic rings. The lowest BCUT2D eigenvalue weighted by Crippen LogP contribution is -2.38. The van der Waals surface area contributed by atoms with Gasteiger partial charge in [-0.2, -0.15) is 9.61 Å². The molecule has 2 N–H and O–H groups in total. The van der Waals surface area contributed by atoms with Crippen molar-refractivity contribution in [3.63, 3.8) is 0 Å². The molecular formula is C16H21Cl2N5O2. The van der Waals surface area contributed by atoms with E-state index in [0.29, 0.717) is 15.8 Å². The summed E-state index contributed by atoms with van der Waals surface area (Å²) in [5, 5.41) is 11.3. The lowest BCUT2D eigenvalue weighted by molar-refractivity contribution is 0.0505. The number of anilines is 1. The topological polar surface area (TPSA) is 80.5 Å². The predicted octanol–water partition coefficient (Wildman–Crippen LogP) is 3.89. The highest BCUT2D eigenvalue weighted by atomic mass is 35.5. The van der Waals surface area contributed by atoms with E-state index in [2.05, 4.69) is 20.7 Å². The second-order valence-electron chi connectivity index (χ2n) is 7.19. The maximum absolute atomic E-state index is 11.9. The molecule has 1 fully saturated rings. The Hall–Kier alpha value is -1.73. The second-order valence-corrected chi connectivity index (χ2v) is 7.98. The molecule has 0 bridgehead atoms. The average molecular weight is 386 g/mol. The molecule has 2 aromatic rings. The summed E-state index contributed by atoms with van der Waals surface area (Å²) in [6.07, 6.45) is 3.73. The standard InChI is InChI=1S/C16H21Cl2N5O2/c1-16(2,3)25-15(24)21-10-5-4-9(6-10)20-13-7-12(18)22-14-11(17)8-19-23(13)14/h7-10,20H,4-6H2,1-3H3,(H,21,24)/t9-,10-/m1/s1. The molecular weight excluding hydrogens is 365 g/mol. The van der Waals surface area contributed by atoms with Crippen LogP contribution in [0.25, 0.3) is 5.65 Å². The molecule has 0 unspecified atom stereocenters. The fraction of sp³-hybridized carbons (Fsp3) is 0.562. The molecule has 0 aromatic carbocycles. The molecule has 2 aromatic heterocycles. The van der Waals surface area contributed by atoms with Crippen molar-refractivity contribution in [1.29, 1.82) is 0 Å². The number of rotatable bonds is 3. The van der Waals surface area contributed by atoms with Crippen molar-refractivity contribution in [3.05, 3.63) is 22.4 Å². The molecule has 2 heterocycles. The summed E-state index contributed by atoms with van der Waals surface area (Å²) in [4.78, 5) is 16.1. The van der Waals surface area contributed by atoms with Crippen molar-refractivity contribution >= 4 is 40.8 Å². The summed E-state index contributed by atoms with van der Waals surface area (Å²) in [5.41, 5.74) is 0.0112. The Balaban J connectivity index is 1.63. The number of halogens is 2. The third-order valence-electron chi connectivity index (χ3n) is 3.90. The highest BCUT2D eigenvalue weighted by molar-refractivity contribution is 6.34. The number of fused-ring (bicyclic) bond motifs is 1. The predicted molar refractivity (Wildman–Crippen MR) is 97.4 cm³/mol. The van der Waals surface area contributed by atoms with Crippen LogP contribution in [0.15, 0.2) is 12.3 Å². The van der Waals surface area contributed by atoms with E-state index in [9.17, 15) is 4.79 Å².